The van der Waals surface area contributed by atoms with Crippen LogP contribution in [0.4, 0.5) is 10.7 Å². The topological polar surface area (TPSA) is 132 Å². The van der Waals surface area contributed by atoms with Crippen molar-refractivity contribution in [3.05, 3.63) is 89.8 Å². The number of halogens is 1. The maximum atomic E-state index is 13.2. The van der Waals surface area contributed by atoms with Crippen LogP contribution >= 0.6 is 27.3 Å². The maximum absolute atomic E-state index is 13.2. The molecule has 1 aliphatic rings. The minimum Gasteiger partial charge on any atom is -0.488 e. The van der Waals surface area contributed by atoms with Gasteiger partial charge < -0.3 is 14.8 Å². The van der Waals surface area contributed by atoms with Gasteiger partial charge in [-0.25, -0.2) is 4.79 Å². The van der Waals surface area contributed by atoms with E-state index >= 15 is 0 Å². The fraction of sp³-hybridized carbons (Fsp3) is 0.250. The first-order valence-electron chi connectivity index (χ1n) is 12.2. The number of benzene rings is 2. The smallest absolute Gasteiger partial charge is 0.341 e. The number of thiophene rings is 1. The van der Waals surface area contributed by atoms with E-state index in [-0.39, 0.29) is 24.5 Å². The molecule has 4 rings (SSSR count). The van der Waals surface area contributed by atoms with Gasteiger partial charge in [-0.3, -0.25) is 14.9 Å². The number of carbonyl (C=O) groups is 2. The molecule has 1 heterocycles. The van der Waals surface area contributed by atoms with Crippen molar-refractivity contribution in [1.29, 1.82) is 5.26 Å². The van der Waals surface area contributed by atoms with Crippen LogP contribution in [0.1, 0.15) is 51.7 Å². The summed E-state index contributed by atoms with van der Waals surface area (Å²) in [5, 5.41) is 23.9. The highest BCUT2D eigenvalue weighted by molar-refractivity contribution is 9.10. The molecule has 11 heteroatoms. The molecule has 1 N–H and O–H groups in total. The predicted molar refractivity (Wildman–Crippen MR) is 151 cm³/mol. The van der Waals surface area contributed by atoms with Crippen molar-refractivity contribution in [2.24, 2.45) is 0 Å². The Morgan fingerprint density at radius 3 is 2.64 bits per heavy atom. The number of anilines is 1. The van der Waals surface area contributed by atoms with E-state index in [1.54, 1.807) is 37.3 Å². The standard InChI is InChI=1S/C28H24BrN3O6S/c1-2-37-28(34)25-22-5-3-4-6-24(22)39-27(25)31-26(33)19(15-30)13-18-14-20(29)9-12-23(18)38-16-17-7-10-21(11-8-17)32(35)36/h7-14H,2-6,16H2,1H3,(H,31,33). The lowest BCUT2D eigenvalue weighted by Crippen LogP contribution is -2.16. The summed E-state index contributed by atoms with van der Waals surface area (Å²) in [4.78, 5) is 37.4. The van der Waals surface area contributed by atoms with E-state index in [1.807, 2.05) is 6.07 Å². The third-order valence-electron chi connectivity index (χ3n) is 6.06. The van der Waals surface area contributed by atoms with Crippen molar-refractivity contribution in [1.82, 2.24) is 0 Å². The second kappa shape index (κ2) is 12.7. The summed E-state index contributed by atoms with van der Waals surface area (Å²) in [6.07, 6.45) is 4.96. The maximum Gasteiger partial charge on any atom is 0.341 e. The number of rotatable bonds is 9. The molecule has 0 spiro atoms. The van der Waals surface area contributed by atoms with Gasteiger partial charge in [-0.15, -0.1) is 11.3 Å². The van der Waals surface area contributed by atoms with Gasteiger partial charge in [0, 0.05) is 27.0 Å². The zero-order valence-electron chi connectivity index (χ0n) is 21.0. The fourth-order valence-corrected chi connectivity index (χ4v) is 5.84. The molecule has 39 heavy (non-hydrogen) atoms. The van der Waals surface area contributed by atoms with Crippen LogP contribution in [-0.4, -0.2) is 23.4 Å². The minimum absolute atomic E-state index is 0.0200. The van der Waals surface area contributed by atoms with Crippen molar-refractivity contribution in [2.45, 2.75) is 39.2 Å². The highest BCUT2D eigenvalue weighted by Gasteiger charge is 2.28. The van der Waals surface area contributed by atoms with Crippen molar-refractivity contribution in [3.63, 3.8) is 0 Å². The zero-order chi connectivity index (χ0) is 27.9. The number of nitro benzene ring substituents is 1. The Labute approximate surface area is 237 Å². The molecule has 9 nitrogen and oxygen atoms in total. The van der Waals surface area contributed by atoms with Crippen LogP contribution in [0.15, 0.2) is 52.5 Å². The van der Waals surface area contributed by atoms with E-state index < -0.39 is 16.8 Å². The van der Waals surface area contributed by atoms with Crippen LogP contribution < -0.4 is 10.1 Å². The van der Waals surface area contributed by atoms with Crippen LogP contribution in [0.2, 0.25) is 0 Å². The van der Waals surface area contributed by atoms with Gasteiger partial charge in [-0.2, -0.15) is 5.26 Å². The second-order valence-corrected chi connectivity index (χ2v) is 10.7. The van der Waals surface area contributed by atoms with E-state index in [1.165, 1.54) is 29.5 Å². The number of nitriles is 1. The summed E-state index contributed by atoms with van der Waals surface area (Å²) in [7, 11) is 0. The molecule has 0 radical (unpaired) electrons. The van der Waals surface area contributed by atoms with Crippen LogP contribution in [0.25, 0.3) is 6.08 Å². The van der Waals surface area contributed by atoms with Gasteiger partial charge in [0.25, 0.3) is 11.6 Å². The van der Waals surface area contributed by atoms with Gasteiger partial charge in [0.1, 0.15) is 29.0 Å². The lowest BCUT2D eigenvalue weighted by molar-refractivity contribution is -0.384. The van der Waals surface area contributed by atoms with Gasteiger partial charge >= 0.3 is 5.97 Å². The number of aryl methyl sites for hydroxylation is 1. The summed E-state index contributed by atoms with van der Waals surface area (Å²) >= 11 is 4.76. The van der Waals surface area contributed by atoms with Gasteiger partial charge in [-0.05, 0) is 80.1 Å². The van der Waals surface area contributed by atoms with Gasteiger partial charge in [0.05, 0.1) is 17.1 Å². The molecule has 1 aromatic heterocycles. The number of hydrogen-bond donors (Lipinski definition) is 1. The molecule has 2 aromatic carbocycles. The van der Waals surface area contributed by atoms with Crippen LogP contribution in [-0.2, 0) is 29.0 Å². The highest BCUT2D eigenvalue weighted by atomic mass is 79.9. The van der Waals surface area contributed by atoms with E-state index in [2.05, 4.69) is 21.2 Å². The van der Waals surface area contributed by atoms with Crippen molar-refractivity contribution >= 4 is 55.9 Å². The van der Waals surface area contributed by atoms with E-state index in [9.17, 15) is 25.0 Å². The van der Waals surface area contributed by atoms with E-state index in [0.29, 0.717) is 31.9 Å². The molecule has 0 unspecified atom stereocenters. The van der Waals surface area contributed by atoms with Crippen LogP contribution in [0.5, 0.6) is 5.75 Å². The number of non-ortho nitro benzene ring substituents is 1. The van der Waals surface area contributed by atoms with Crippen molar-refractivity contribution < 1.29 is 24.0 Å². The number of esters is 1. The average molecular weight is 610 g/mol. The minimum atomic E-state index is -0.650. The van der Waals surface area contributed by atoms with Crippen LogP contribution in [0.3, 0.4) is 0 Å². The lowest BCUT2D eigenvalue weighted by atomic mass is 9.95. The highest BCUT2D eigenvalue weighted by Crippen LogP contribution is 2.39. The first-order valence-corrected chi connectivity index (χ1v) is 13.8. The Morgan fingerprint density at radius 1 is 1.21 bits per heavy atom. The molecule has 3 aromatic rings. The van der Waals surface area contributed by atoms with Gasteiger partial charge in [0.2, 0.25) is 0 Å². The molecular formula is C28H24BrN3O6S. The molecule has 0 aliphatic heterocycles. The third-order valence-corrected chi connectivity index (χ3v) is 7.76. The molecule has 200 valence electrons. The normalized spacial score (nSPS) is 12.7. The summed E-state index contributed by atoms with van der Waals surface area (Å²) in [5.74, 6) is -0.720. The number of fused-ring (bicyclic) bond motifs is 1. The lowest BCUT2D eigenvalue weighted by Gasteiger charge is -2.12. The first kappa shape index (κ1) is 28.0. The Kier molecular flexibility index (Phi) is 9.11. The molecule has 0 saturated heterocycles. The van der Waals surface area contributed by atoms with Crippen LogP contribution in [0, 0.1) is 21.4 Å². The van der Waals surface area contributed by atoms with E-state index in [0.717, 1.165) is 36.1 Å². The Bertz CT molecular complexity index is 1490. The number of carbonyl (C=O) groups excluding carboxylic acids is 2. The van der Waals surface area contributed by atoms with E-state index in [4.69, 9.17) is 9.47 Å². The summed E-state index contributed by atoms with van der Waals surface area (Å²) in [6.45, 7) is 2.06. The summed E-state index contributed by atoms with van der Waals surface area (Å²) < 4.78 is 11.9. The van der Waals surface area contributed by atoms with Crippen molar-refractivity contribution in [3.8, 4) is 11.8 Å². The molecular weight excluding hydrogens is 586 g/mol. The number of ether oxygens (including phenoxy) is 2. The monoisotopic (exact) mass is 609 g/mol. The predicted octanol–water partition coefficient (Wildman–Crippen LogP) is 6.60. The van der Waals surface area contributed by atoms with Crippen molar-refractivity contribution in [2.75, 3.05) is 11.9 Å². The number of nitrogens with zero attached hydrogens (tertiary/aromatic N) is 2. The average Bonchev–Trinajstić information content (AvgIpc) is 3.29. The second-order valence-electron chi connectivity index (χ2n) is 8.65. The Balaban J connectivity index is 1.58. The number of amides is 1. The van der Waals surface area contributed by atoms with Gasteiger partial charge in [-0.1, -0.05) is 15.9 Å². The zero-order valence-corrected chi connectivity index (χ0v) is 23.4. The molecule has 1 aliphatic carbocycles. The first-order chi connectivity index (χ1) is 18.8. The fourth-order valence-electron chi connectivity index (χ4n) is 4.19. The summed E-state index contributed by atoms with van der Waals surface area (Å²) in [5.41, 5.74) is 2.29. The number of hydrogen-bond acceptors (Lipinski definition) is 8. The molecule has 0 atom stereocenters. The molecule has 0 saturated carbocycles. The molecule has 0 fully saturated rings. The SMILES string of the molecule is CCOC(=O)c1c(NC(=O)C(C#N)=Cc2cc(Br)ccc2OCc2ccc([N+](=O)[O-])cc2)sc2c1CCCC2. The Hall–Kier alpha value is -4.01. The Morgan fingerprint density at radius 2 is 1.95 bits per heavy atom. The summed E-state index contributed by atoms with van der Waals surface area (Å²) in [6, 6.07) is 13.1. The molecule has 0 bridgehead atoms. The third kappa shape index (κ3) is 6.71. The largest absolute Gasteiger partial charge is 0.488 e. The molecule has 1 amide bonds. The number of nitro groups is 1. The number of nitrogens with one attached hydrogen (secondary N) is 1. The quantitative estimate of drug-likeness (QED) is 0.0950. The van der Waals surface area contributed by atoms with Gasteiger partial charge in [0.15, 0.2) is 0 Å².